The molecule has 5 heteroatoms. The normalized spacial score (nSPS) is 14.4. The molecule has 1 amide bonds. The molecule has 0 atom stereocenters. The van der Waals surface area contributed by atoms with E-state index in [-0.39, 0.29) is 5.91 Å². The van der Waals surface area contributed by atoms with Crippen LogP contribution in [0.2, 0.25) is 0 Å². The van der Waals surface area contributed by atoms with E-state index in [1.165, 1.54) is 41.7 Å². The molecule has 4 rings (SSSR count). The zero-order chi connectivity index (χ0) is 18.6. The molecule has 1 aromatic carbocycles. The third-order valence-corrected chi connectivity index (χ3v) is 5.74. The van der Waals surface area contributed by atoms with E-state index in [0.717, 1.165) is 24.9 Å². The van der Waals surface area contributed by atoms with Crippen molar-refractivity contribution in [1.29, 1.82) is 0 Å². The van der Waals surface area contributed by atoms with Gasteiger partial charge in [-0.25, -0.2) is 4.98 Å². The molecule has 1 aliphatic rings. The van der Waals surface area contributed by atoms with Crippen LogP contribution in [0.5, 0.6) is 0 Å². The van der Waals surface area contributed by atoms with Crippen molar-refractivity contribution < 1.29 is 4.79 Å². The number of fused-ring (bicyclic) bond motifs is 1. The molecule has 0 bridgehead atoms. The van der Waals surface area contributed by atoms with Crippen molar-refractivity contribution in [1.82, 2.24) is 19.9 Å². The number of aromatic nitrogens is 3. The molecule has 2 N–H and O–H groups in total. The van der Waals surface area contributed by atoms with E-state index in [1.54, 1.807) is 0 Å². The van der Waals surface area contributed by atoms with E-state index < -0.39 is 0 Å². The molecule has 1 fully saturated rings. The molecule has 3 aromatic rings. The van der Waals surface area contributed by atoms with E-state index in [0.29, 0.717) is 18.9 Å². The molecule has 27 heavy (non-hydrogen) atoms. The highest BCUT2D eigenvalue weighted by Gasteiger charge is 2.24. The quantitative estimate of drug-likeness (QED) is 0.633. The van der Waals surface area contributed by atoms with Crippen LogP contribution in [-0.4, -0.2) is 27.0 Å². The summed E-state index contributed by atoms with van der Waals surface area (Å²) in [6.45, 7) is 3.58. The number of amides is 1. The monoisotopic (exact) mass is 364 g/mol. The standard InChI is InChI=1S/C22H28N4O/c1-16-14-25-22(17-6-4-7-17)26(16)13-12-23-21(27)11-5-8-18-15-24-20-10-3-2-9-19(18)20/h2-3,9-10,14-15,17,24H,4-8,11-13H2,1H3,(H,23,27). The van der Waals surface area contributed by atoms with Crippen molar-refractivity contribution in [3.05, 3.63) is 53.7 Å². The molecule has 1 aliphatic carbocycles. The van der Waals surface area contributed by atoms with E-state index >= 15 is 0 Å². The molecule has 0 spiro atoms. The average molecular weight is 364 g/mol. The summed E-state index contributed by atoms with van der Waals surface area (Å²) >= 11 is 0. The van der Waals surface area contributed by atoms with Gasteiger partial charge in [0, 0.05) is 54.4 Å². The molecule has 5 nitrogen and oxygen atoms in total. The van der Waals surface area contributed by atoms with E-state index in [2.05, 4.69) is 51.2 Å². The number of rotatable bonds is 8. The lowest BCUT2D eigenvalue weighted by molar-refractivity contribution is -0.121. The zero-order valence-corrected chi connectivity index (χ0v) is 16.0. The highest BCUT2D eigenvalue weighted by molar-refractivity contribution is 5.83. The summed E-state index contributed by atoms with van der Waals surface area (Å²) in [5, 5.41) is 4.33. The third kappa shape index (κ3) is 3.92. The maximum absolute atomic E-state index is 12.2. The van der Waals surface area contributed by atoms with Crippen LogP contribution in [0, 0.1) is 6.92 Å². The Balaban J connectivity index is 1.22. The van der Waals surface area contributed by atoms with Crippen LogP contribution >= 0.6 is 0 Å². The summed E-state index contributed by atoms with van der Waals surface area (Å²) in [4.78, 5) is 20.1. The van der Waals surface area contributed by atoms with E-state index in [4.69, 9.17) is 0 Å². The Morgan fingerprint density at radius 3 is 3.00 bits per heavy atom. The first-order chi connectivity index (χ1) is 13.2. The number of aryl methyl sites for hydroxylation is 2. The van der Waals surface area contributed by atoms with Crippen LogP contribution in [-0.2, 0) is 17.8 Å². The van der Waals surface area contributed by atoms with Gasteiger partial charge < -0.3 is 14.9 Å². The number of benzene rings is 1. The first kappa shape index (κ1) is 17.8. The topological polar surface area (TPSA) is 62.7 Å². The van der Waals surface area contributed by atoms with E-state index in [1.807, 2.05) is 12.3 Å². The van der Waals surface area contributed by atoms with Crippen LogP contribution in [0.15, 0.2) is 36.7 Å². The fourth-order valence-electron chi connectivity index (χ4n) is 3.94. The first-order valence-electron chi connectivity index (χ1n) is 10.1. The molecular formula is C22H28N4O. The lowest BCUT2D eigenvalue weighted by atomic mass is 9.85. The van der Waals surface area contributed by atoms with Crippen molar-refractivity contribution in [2.45, 2.75) is 57.9 Å². The van der Waals surface area contributed by atoms with Crippen LogP contribution < -0.4 is 5.32 Å². The third-order valence-electron chi connectivity index (χ3n) is 5.74. The number of hydrogen-bond acceptors (Lipinski definition) is 2. The minimum Gasteiger partial charge on any atom is -0.361 e. The van der Waals surface area contributed by atoms with Crippen LogP contribution in [0.25, 0.3) is 10.9 Å². The maximum Gasteiger partial charge on any atom is 0.220 e. The summed E-state index contributed by atoms with van der Waals surface area (Å²) in [5.74, 6) is 1.95. The number of para-hydroxylation sites is 1. The summed E-state index contributed by atoms with van der Waals surface area (Å²) in [6, 6.07) is 8.31. The predicted molar refractivity (Wildman–Crippen MR) is 108 cm³/mol. The molecule has 142 valence electrons. The number of aromatic amines is 1. The largest absolute Gasteiger partial charge is 0.361 e. The summed E-state index contributed by atoms with van der Waals surface area (Å²) in [5.41, 5.74) is 3.64. The highest BCUT2D eigenvalue weighted by Crippen LogP contribution is 2.35. The Hall–Kier alpha value is -2.56. The van der Waals surface area contributed by atoms with Gasteiger partial charge in [0.25, 0.3) is 0 Å². The molecule has 0 saturated heterocycles. The maximum atomic E-state index is 12.2. The van der Waals surface area contributed by atoms with Gasteiger partial charge in [-0.3, -0.25) is 4.79 Å². The predicted octanol–water partition coefficient (Wildman–Crippen LogP) is 4.08. The van der Waals surface area contributed by atoms with Gasteiger partial charge in [-0.05, 0) is 44.2 Å². The van der Waals surface area contributed by atoms with Gasteiger partial charge in [-0.2, -0.15) is 0 Å². The lowest BCUT2D eigenvalue weighted by Gasteiger charge is -2.26. The van der Waals surface area contributed by atoms with Gasteiger partial charge in [0.05, 0.1) is 0 Å². The van der Waals surface area contributed by atoms with Crippen LogP contribution in [0.1, 0.15) is 55.1 Å². The molecule has 0 radical (unpaired) electrons. The minimum absolute atomic E-state index is 0.137. The second-order valence-electron chi connectivity index (χ2n) is 7.60. The van der Waals surface area contributed by atoms with Gasteiger partial charge >= 0.3 is 0 Å². The second-order valence-corrected chi connectivity index (χ2v) is 7.60. The Bertz CT molecular complexity index is 919. The highest BCUT2D eigenvalue weighted by atomic mass is 16.1. The minimum atomic E-state index is 0.137. The van der Waals surface area contributed by atoms with Gasteiger partial charge in [-0.15, -0.1) is 0 Å². The Kier molecular flexibility index (Phi) is 5.28. The van der Waals surface area contributed by atoms with Crippen molar-refractivity contribution in [2.75, 3.05) is 6.54 Å². The Morgan fingerprint density at radius 2 is 2.19 bits per heavy atom. The Morgan fingerprint density at radius 1 is 1.33 bits per heavy atom. The lowest BCUT2D eigenvalue weighted by Crippen LogP contribution is -2.28. The summed E-state index contributed by atoms with van der Waals surface area (Å²) in [7, 11) is 0. The molecular weight excluding hydrogens is 336 g/mol. The van der Waals surface area contributed by atoms with Crippen molar-refractivity contribution >= 4 is 16.8 Å². The number of carbonyl (C=O) groups excluding carboxylic acids is 1. The van der Waals surface area contributed by atoms with Crippen LogP contribution in [0.4, 0.5) is 0 Å². The fourth-order valence-corrected chi connectivity index (χ4v) is 3.94. The van der Waals surface area contributed by atoms with Gasteiger partial charge in [0.2, 0.25) is 5.91 Å². The van der Waals surface area contributed by atoms with Gasteiger partial charge in [0.1, 0.15) is 5.82 Å². The van der Waals surface area contributed by atoms with Crippen molar-refractivity contribution in [3.8, 4) is 0 Å². The Labute approximate surface area is 160 Å². The van der Waals surface area contributed by atoms with Crippen LogP contribution in [0.3, 0.4) is 0 Å². The SMILES string of the molecule is Cc1cnc(C2CCC2)n1CCNC(=O)CCCc1c[nH]c2ccccc12. The number of H-pyrrole nitrogens is 1. The van der Waals surface area contributed by atoms with Crippen molar-refractivity contribution in [2.24, 2.45) is 0 Å². The summed E-state index contributed by atoms with van der Waals surface area (Å²) in [6.07, 6.45) is 10.2. The summed E-state index contributed by atoms with van der Waals surface area (Å²) < 4.78 is 2.27. The fraction of sp³-hybridized carbons (Fsp3) is 0.455. The van der Waals surface area contributed by atoms with Gasteiger partial charge in [-0.1, -0.05) is 24.6 Å². The molecule has 2 aromatic heterocycles. The molecule has 0 aliphatic heterocycles. The van der Waals surface area contributed by atoms with Crippen molar-refractivity contribution in [3.63, 3.8) is 0 Å². The molecule has 1 saturated carbocycles. The number of imidazole rings is 1. The smallest absolute Gasteiger partial charge is 0.220 e. The number of nitrogens with one attached hydrogen (secondary N) is 2. The number of hydrogen-bond donors (Lipinski definition) is 2. The van der Waals surface area contributed by atoms with Gasteiger partial charge in [0.15, 0.2) is 0 Å². The average Bonchev–Trinajstić information content (AvgIpc) is 3.19. The first-order valence-corrected chi connectivity index (χ1v) is 10.1. The zero-order valence-electron chi connectivity index (χ0n) is 16.0. The molecule has 0 unspecified atom stereocenters. The van der Waals surface area contributed by atoms with E-state index in [9.17, 15) is 4.79 Å². The molecule has 2 heterocycles. The number of nitrogens with zero attached hydrogens (tertiary/aromatic N) is 2. The number of carbonyl (C=O) groups is 1. The second kappa shape index (κ2) is 7.99.